The van der Waals surface area contributed by atoms with Crippen LogP contribution in [0.3, 0.4) is 0 Å². The summed E-state index contributed by atoms with van der Waals surface area (Å²) in [5, 5.41) is 4.13. The number of nitrogens with zero attached hydrogens (tertiary/aromatic N) is 2. The van der Waals surface area contributed by atoms with Crippen LogP contribution < -0.4 is 5.32 Å². The minimum atomic E-state index is -0.292. The lowest BCUT2D eigenvalue weighted by Crippen LogP contribution is -2.40. The molecule has 0 saturated carbocycles. The van der Waals surface area contributed by atoms with Crippen LogP contribution in [-0.4, -0.2) is 28.5 Å². The molecule has 1 amide bonds. The number of hydrogen-bond donors (Lipinski definition) is 1. The number of aromatic nitrogens is 1. The Balaban J connectivity index is 1.22. The maximum absolute atomic E-state index is 13.8. The van der Waals surface area contributed by atoms with Crippen LogP contribution in [-0.2, 0) is 24.4 Å². The topological polar surface area (TPSA) is 37.3 Å². The minimum Gasteiger partial charge on any atom is -0.352 e. The Hall–Kier alpha value is -3.51. The molecule has 0 aliphatic carbocycles. The SMILES string of the molecule is O=C(NCc1cccc(F)c1)C1CCN(Cc2cc3ccccc3n2Cc2cccc(F)c2)CC1. The number of piperidine rings is 1. The van der Waals surface area contributed by atoms with Crippen molar-refractivity contribution in [2.75, 3.05) is 13.1 Å². The van der Waals surface area contributed by atoms with Gasteiger partial charge in [0.25, 0.3) is 0 Å². The summed E-state index contributed by atoms with van der Waals surface area (Å²) in [6.45, 7) is 3.40. The molecule has 35 heavy (non-hydrogen) atoms. The molecule has 0 spiro atoms. The number of likely N-dealkylation sites (tertiary alicyclic amines) is 1. The summed E-state index contributed by atoms with van der Waals surface area (Å²) in [6, 6.07) is 23.6. The zero-order valence-corrected chi connectivity index (χ0v) is 19.6. The predicted molar refractivity (Wildman–Crippen MR) is 134 cm³/mol. The van der Waals surface area contributed by atoms with Crippen molar-refractivity contribution in [1.29, 1.82) is 0 Å². The van der Waals surface area contributed by atoms with Gasteiger partial charge < -0.3 is 9.88 Å². The largest absolute Gasteiger partial charge is 0.352 e. The molecule has 1 N–H and O–H groups in total. The van der Waals surface area contributed by atoms with Crippen molar-refractivity contribution in [3.05, 3.63) is 107 Å². The smallest absolute Gasteiger partial charge is 0.223 e. The zero-order chi connectivity index (χ0) is 24.2. The number of hydrogen-bond acceptors (Lipinski definition) is 2. The molecule has 1 fully saturated rings. The summed E-state index contributed by atoms with van der Waals surface area (Å²) in [6.07, 6.45) is 1.58. The van der Waals surface area contributed by atoms with Gasteiger partial charge in [-0.2, -0.15) is 0 Å². The number of para-hydroxylation sites is 1. The quantitative estimate of drug-likeness (QED) is 0.385. The van der Waals surface area contributed by atoms with Crippen LogP contribution in [0.1, 0.15) is 29.7 Å². The lowest BCUT2D eigenvalue weighted by molar-refractivity contribution is -0.126. The number of fused-ring (bicyclic) bond motifs is 1. The van der Waals surface area contributed by atoms with Gasteiger partial charge in [-0.25, -0.2) is 8.78 Å². The van der Waals surface area contributed by atoms with Crippen molar-refractivity contribution < 1.29 is 13.6 Å². The van der Waals surface area contributed by atoms with Crippen LogP contribution in [0.15, 0.2) is 78.9 Å². The third-order valence-corrected chi connectivity index (χ3v) is 6.83. The van der Waals surface area contributed by atoms with Gasteiger partial charge in [0, 0.05) is 36.8 Å². The third-order valence-electron chi connectivity index (χ3n) is 6.83. The van der Waals surface area contributed by atoms with Crippen molar-refractivity contribution in [2.24, 2.45) is 5.92 Å². The minimum absolute atomic E-state index is 0.0297. The van der Waals surface area contributed by atoms with Crippen molar-refractivity contribution in [1.82, 2.24) is 14.8 Å². The number of nitrogens with one attached hydrogen (secondary N) is 1. The van der Waals surface area contributed by atoms with E-state index in [4.69, 9.17) is 0 Å². The van der Waals surface area contributed by atoms with E-state index in [1.54, 1.807) is 18.2 Å². The Morgan fingerprint density at radius 2 is 1.51 bits per heavy atom. The van der Waals surface area contributed by atoms with Crippen molar-refractivity contribution in [2.45, 2.75) is 32.5 Å². The van der Waals surface area contributed by atoms with Gasteiger partial charge in [0.1, 0.15) is 11.6 Å². The fourth-order valence-corrected chi connectivity index (χ4v) is 4.97. The van der Waals surface area contributed by atoms with Crippen molar-refractivity contribution >= 4 is 16.8 Å². The monoisotopic (exact) mass is 473 g/mol. The third kappa shape index (κ3) is 5.60. The van der Waals surface area contributed by atoms with Gasteiger partial charge in [0.05, 0.1) is 0 Å². The van der Waals surface area contributed by atoms with E-state index < -0.39 is 0 Å². The van der Waals surface area contributed by atoms with E-state index in [2.05, 4.69) is 33.0 Å². The molecule has 4 nitrogen and oxygen atoms in total. The number of benzene rings is 3. The average Bonchev–Trinajstić information content (AvgIpc) is 3.20. The Morgan fingerprint density at radius 3 is 2.26 bits per heavy atom. The van der Waals surface area contributed by atoms with Gasteiger partial charge in [0.2, 0.25) is 5.91 Å². The lowest BCUT2D eigenvalue weighted by atomic mass is 9.95. The molecule has 1 aliphatic rings. The van der Waals surface area contributed by atoms with Gasteiger partial charge in [-0.3, -0.25) is 9.69 Å². The van der Waals surface area contributed by atoms with Crippen LogP contribution in [0, 0.1) is 17.6 Å². The highest BCUT2D eigenvalue weighted by atomic mass is 19.1. The number of rotatable bonds is 7. The predicted octanol–water partition coefficient (Wildman–Crippen LogP) is 5.50. The van der Waals surface area contributed by atoms with Crippen LogP contribution in [0.25, 0.3) is 10.9 Å². The molecule has 2 heterocycles. The Labute approximate surface area is 204 Å². The van der Waals surface area contributed by atoms with Gasteiger partial charge in [-0.05, 0) is 78.8 Å². The Kier molecular flexibility index (Phi) is 6.91. The molecule has 0 unspecified atom stereocenters. The van der Waals surface area contributed by atoms with Crippen LogP contribution in [0.4, 0.5) is 8.78 Å². The highest BCUT2D eigenvalue weighted by Gasteiger charge is 2.25. The van der Waals surface area contributed by atoms with Crippen LogP contribution in [0.2, 0.25) is 0 Å². The summed E-state index contributed by atoms with van der Waals surface area (Å²) in [7, 11) is 0. The second kappa shape index (κ2) is 10.4. The number of halogens is 2. The molecule has 4 aromatic rings. The van der Waals surface area contributed by atoms with Gasteiger partial charge in [-0.15, -0.1) is 0 Å². The lowest BCUT2D eigenvalue weighted by Gasteiger charge is -2.31. The van der Waals surface area contributed by atoms with Gasteiger partial charge in [0.15, 0.2) is 0 Å². The molecule has 0 radical (unpaired) electrons. The van der Waals surface area contributed by atoms with Crippen molar-refractivity contribution in [3.63, 3.8) is 0 Å². The molecule has 180 valence electrons. The number of carbonyl (C=O) groups excluding carboxylic acids is 1. The standard InChI is InChI=1S/C29H29F2N3O/c30-25-8-3-5-21(15-25)18-32-29(35)23-11-13-33(14-12-23)20-27-17-24-7-1-2-10-28(24)34(27)19-22-6-4-9-26(31)16-22/h1-10,15-17,23H,11-14,18-20H2,(H,32,35). The molecule has 1 aromatic heterocycles. The van der Waals surface area contributed by atoms with E-state index in [1.165, 1.54) is 29.3 Å². The maximum Gasteiger partial charge on any atom is 0.223 e. The molecule has 3 aromatic carbocycles. The highest BCUT2D eigenvalue weighted by Crippen LogP contribution is 2.25. The van der Waals surface area contributed by atoms with Gasteiger partial charge in [-0.1, -0.05) is 42.5 Å². The fourth-order valence-electron chi connectivity index (χ4n) is 4.97. The molecule has 5 rings (SSSR count). The molecular formula is C29H29F2N3O. The summed E-state index contributed by atoms with van der Waals surface area (Å²) in [5.74, 6) is -0.509. The molecule has 0 atom stereocenters. The first-order valence-electron chi connectivity index (χ1n) is 12.1. The van der Waals surface area contributed by atoms with Crippen LogP contribution in [0.5, 0.6) is 0 Å². The van der Waals surface area contributed by atoms with E-state index in [0.717, 1.165) is 49.1 Å². The Bertz CT molecular complexity index is 1320. The highest BCUT2D eigenvalue weighted by molar-refractivity contribution is 5.81. The van der Waals surface area contributed by atoms with Crippen molar-refractivity contribution in [3.8, 4) is 0 Å². The summed E-state index contributed by atoms with van der Waals surface area (Å²) >= 11 is 0. The number of amides is 1. The van der Waals surface area contributed by atoms with Crippen LogP contribution >= 0.6 is 0 Å². The normalized spacial score (nSPS) is 14.9. The second-order valence-corrected chi connectivity index (χ2v) is 9.31. The molecule has 0 bridgehead atoms. The number of carbonyl (C=O) groups is 1. The zero-order valence-electron chi connectivity index (χ0n) is 19.6. The van der Waals surface area contributed by atoms with E-state index in [1.807, 2.05) is 24.3 Å². The maximum atomic E-state index is 13.8. The van der Waals surface area contributed by atoms with E-state index in [0.29, 0.717) is 13.1 Å². The first kappa shape index (κ1) is 23.2. The molecule has 1 aliphatic heterocycles. The second-order valence-electron chi connectivity index (χ2n) is 9.31. The first-order valence-corrected chi connectivity index (χ1v) is 12.1. The van der Waals surface area contributed by atoms with Gasteiger partial charge >= 0.3 is 0 Å². The molecule has 6 heteroatoms. The summed E-state index contributed by atoms with van der Waals surface area (Å²) in [4.78, 5) is 15.0. The first-order chi connectivity index (χ1) is 17.0. The Morgan fingerprint density at radius 1 is 0.829 bits per heavy atom. The molecular weight excluding hydrogens is 444 g/mol. The summed E-state index contributed by atoms with van der Waals surface area (Å²) in [5.41, 5.74) is 4.02. The van der Waals surface area contributed by atoms with E-state index in [-0.39, 0.29) is 23.5 Å². The molecule has 1 saturated heterocycles. The van der Waals surface area contributed by atoms with E-state index >= 15 is 0 Å². The summed E-state index contributed by atoms with van der Waals surface area (Å²) < 4.78 is 29.4. The van der Waals surface area contributed by atoms with E-state index in [9.17, 15) is 13.6 Å². The average molecular weight is 474 g/mol. The fraction of sp³-hybridized carbons (Fsp3) is 0.276.